The summed E-state index contributed by atoms with van der Waals surface area (Å²) in [5, 5.41) is 2.96. The number of hydrogen-bond donors (Lipinski definition) is 2. The zero-order valence-electron chi connectivity index (χ0n) is 26.1. The molecule has 1 fully saturated rings. The van der Waals surface area contributed by atoms with Gasteiger partial charge < -0.3 is 25.3 Å². The smallest absolute Gasteiger partial charge is 0.332 e. The maximum absolute atomic E-state index is 13.3. The van der Waals surface area contributed by atoms with Gasteiger partial charge in [-0.15, -0.1) is 0 Å². The number of allylic oxidation sites excluding steroid dienone is 1. The van der Waals surface area contributed by atoms with Crippen LogP contribution in [0.2, 0.25) is 0 Å². The van der Waals surface area contributed by atoms with Gasteiger partial charge in [-0.05, 0) is 67.9 Å². The number of carbonyl (C=O) groups excluding carboxylic acids is 3. The molecule has 0 aromatic heterocycles. The van der Waals surface area contributed by atoms with Gasteiger partial charge in [0.05, 0.1) is 24.9 Å². The summed E-state index contributed by atoms with van der Waals surface area (Å²) >= 11 is 0. The number of hydrogen-bond acceptors (Lipinski definition) is 7. The number of amides is 1. The topological polar surface area (TPSA) is 117 Å². The zero-order chi connectivity index (χ0) is 31.9. The van der Waals surface area contributed by atoms with Crippen molar-refractivity contribution in [1.29, 1.82) is 0 Å². The molecule has 0 radical (unpaired) electrons. The van der Waals surface area contributed by atoms with Crippen LogP contribution in [0.15, 0.2) is 84.7 Å². The first kappa shape index (κ1) is 35.3. The molecule has 8 heteroatoms. The van der Waals surface area contributed by atoms with E-state index in [9.17, 15) is 14.4 Å². The normalized spacial score (nSPS) is 17.3. The van der Waals surface area contributed by atoms with Crippen LogP contribution in [-0.2, 0) is 54.3 Å². The molecule has 0 bridgehead atoms. The quantitative estimate of drug-likeness (QED) is 0.157. The van der Waals surface area contributed by atoms with E-state index in [4.69, 9.17) is 19.9 Å². The Morgan fingerprint density at radius 3 is 1.76 bits per heavy atom. The summed E-state index contributed by atoms with van der Waals surface area (Å²) in [7, 11) is 0. The van der Waals surface area contributed by atoms with Crippen LogP contribution in [0.25, 0.3) is 0 Å². The van der Waals surface area contributed by atoms with Gasteiger partial charge in [0.25, 0.3) is 5.91 Å². The molecule has 1 saturated carbocycles. The van der Waals surface area contributed by atoms with E-state index in [1.165, 1.54) is 6.08 Å². The second-order valence-corrected chi connectivity index (χ2v) is 11.8. The Bertz CT molecular complexity index is 1400. The van der Waals surface area contributed by atoms with Crippen LogP contribution in [0, 0.1) is 0 Å². The van der Waals surface area contributed by atoms with Crippen LogP contribution in [0.1, 0.15) is 69.7 Å². The Balaban J connectivity index is 0.000000290. The lowest BCUT2D eigenvalue weighted by Crippen LogP contribution is -2.56. The fourth-order valence-electron chi connectivity index (χ4n) is 5.85. The van der Waals surface area contributed by atoms with E-state index < -0.39 is 23.0 Å². The fraction of sp³-hybridized carbons (Fsp3) is 0.432. The van der Waals surface area contributed by atoms with Crippen molar-refractivity contribution in [3.8, 4) is 0 Å². The van der Waals surface area contributed by atoms with E-state index in [2.05, 4.69) is 18.5 Å². The molecule has 2 aromatic carbocycles. The van der Waals surface area contributed by atoms with Gasteiger partial charge in [0.2, 0.25) is 0 Å². The maximum atomic E-state index is 13.3. The van der Waals surface area contributed by atoms with E-state index in [0.29, 0.717) is 49.2 Å². The number of ether oxygens (including phenoxy) is 3. The standard InChI is InChI=1S/C24H29NO4.C12H15NO2.CH4/c1-5-20(21(16(3)4)29-19-12-9-13-19)22(26)25-24(23(27)28-6-2)14-17-10-7-8-11-18(17)15-24;1-2-15-11(14)12(13)7-9-5-3-4-6-10(9)8-12;/h5,7-8,10-11,19H,1,3,6,9,12-15H2,2,4H3,(H,25,26);3-6H,2,7-8,13H2,1H3;1H4/b21-20-;;. The van der Waals surface area contributed by atoms with Gasteiger partial charge in [-0.25, -0.2) is 4.79 Å². The molecule has 1 amide bonds. The molecule has 0 spiro atoms. The lowest BCUT2D eigenvalue weighted by atomic mass is 9.94. The number of nitrogens with two attached hydrogens (primary N) is 1. The van der Waals surface area contributed by atoms with Gasteiger partial charge in [0.1, 0.15) is 16.8 Å². The Kier molecular flexibility index (Phi) is 11.9. The number of rotatable bonds is 10. The van der Waals surface area contributed by atoms with Crippen LogP contribution in [0.4, 0.5) is 0 Å². The van der Waals surface area contributed by atoms with Crippen LogP contribution >= 0.6 is 0 Å². The molecule has 0 saturated heterocycles. The summed E-state index contributed by atoms with van der Waals surface area (Å²) in [6, 6.07) is 15.8. The third-order valence-corrected chi connectivity index (χ3v) is 8.35. The SMILES string of the molecule is C.C=C/C(C(=O)NC1(C(=O)OCC)Cc2ccccc2C1)=C(/OC1CCC1)C(=C)C.CCOC(=O)C1(N)Cc2ccccc2C1. The predicted molar refractivity (Wildman–Crippen MR) is 176 cm³/mol. The minimum Gasteiger partial charge on any atom is -0.489 e. The third kappa shape index (κ3) is 7.92. The van der Waals surface area contributed by atoms with Crippen molar-refractivity contribution in [1.82, 2.24) is 5.32 Å². The Morgan fingerprint density at radius 1 is 0.889 bits per heavy atom. The van der Waals surface area contributed by atoms with E-state index in [0.717, 1.165) is 41.5 Å². The highest BCUT2D eigenvalue weighted by Gasteiger charge is 2.47. The Labute approximate surface area is 267 Å². The average Bonchev–Trinajstić information content (AvgIpc) is 3.53. The molecule has 0 atom stereocenters. The van der Waals surface area contributed by atoms with Crippen LogP contribution in [0.5, 0.6) is 0 Å². The number of fused-ring (bicyclic) bond motifs is 2. The highest BCUT2D eigenvalue weighted by Crippen LogP contribution is 2.33. The summed E-state index contributed by atoms with van der Waals surface area (Å²) in [6.45, 7) is 13.8. The van der Waals surface area contributed by atoms with Gasteiger partial charge in [-0.2, -0.15) is 0 Å². The molecule has 242 valence electrons. The van der Waals surface area contributed by atoms with Crippen molar-refractivity contribution in [3.05, 3.63) is 107 Å². The molecule has 3 aliphatic carbocycles. The van der Waals surface area contributed by atoms with Gasteiger partial charge in [0, 0.05) is 25.7 Å². The first-order chi connectivity index (χ1) is 21.1. The monoisotopic (exact) mass is 616 g/mol. The lowest BCUT2D eigenvalue weighted by molar-refractivity contribution is -0.152. The Morgan fingerprint density at radius 2 is 1.36 bits per heavy atom. The fourth-order valence-corrected chi connectivity index (χ4v) is 5.85. The van der Waals surface area contributed by atoms with E-state index in [1.54, 1.807) is 20.8 Å². The molecule has 0 aliphatic heterocycles. The average molecular weight is 617 g/mol. The second-order valence-electron chi connectivity index (χ2n) is 11.8. The highest BCUT2D eigenvalue weighted by molar-refractivity contribution is 6.01. The number of esters is 2. The largest absolute Gasteiger partial charge is 0.489 e. The molecular weight excluding hydrogens is 568 g/mol. The molecule has 5 rings (SSSR count). The van der Waals surface area contributed by atoms with Crippen molar-refractivity contribution >= 4 is 17.8 Å². The highest BCUT2D eigenvalue weighted by atomic mass is 16.5. The molecule has 0 heterocycles. The van der Waals surface area contributed by atoms with Crippen molar-refractivity contribution in [2.75, 3.05) is 13.2 Å². The van der Waals surface area contributed by atoms with Crippen molar-refractivity contribution < 1.29 is 28.6 Å². The minimum atomic E-state index is -1.14. The first-order valence-corrected chi connectivity index (χ1v) is 15.3. The van der Waals surface area contributed by atoms with Crippen molar-refractivity contribution in [2.45, 2.75) is 90.3 Å². The van der Waals surface area contributed by atoms with E-state index in [1.807, 2.05) is 48.5 Å². The molecular formula is C37H48N2O6. The molecule has 3 aliphatic rings. The van der Waals surface area contributed by atoms with Crippen molar-refractivity contribution in [2.24, 2.45) is 5.73 Å². The zero-order valence-corrected chi connectivity index (χ0v) is 26.1. The number of benzene rings is 2. The number of nitrogens with one attached hydrogen (secondary N) is 1. The molecule has 0 unspecified atom stereocenters. The molecule has 45 heavy (non-hydrogen) atoms. The molecule has 2 aromatic rings. The van der Waals surface area contributed by atoms with Crippen LogP contribution in [0.3, 0.4) is 0 Å². The second kappa shape index (κ2) is 15.2. The van der Waals surface area contributed by atoms with Gasteiger partial charge >= 0.3 is 11.9 Å². The van der Waals surface area contributed by atoms with Crippen LogP contribution in [-0.4, -0.2) is 48.2 Å². The summed E-state index contributed by atoms with van der Waals surface area (Å²) < 4.78 is 16.3. The Hall–Kier alpha value is -4.17. The summed E-state index contributed by atoms with van der Waals surface area (Å²) in [5.74, 6) is -0.680. The maximum Gasteiger partial charge on any atom is 0.332 e. The molecule has 8 nitrogen and oxygen atoms in total. The summed E-state index contributed by atoms with van der Waals surface area (Å²) in [5.41, 5.74) is 9.43. The van der Waals surface area contributed by atoms with Crippen molar-refractivity contribution in [3.63, 3.8) is 0 Å². The molecule has 3 N–H and O–H groups in total. The van der Waals surface area contributed by atoms with E-state index in [-0.39, 0.29) is 26.1 Å². The lowest BCUT2D eigenvalue weighted by Gasteiger charge is -2.30. The van der Waals surface area contributed by atoms with Gasteiger partial charge in [-0.1, -0.05) is 75.2 Å². The van der Waals surface area contributed by atoms with Gasteiger partial charge in [-0.3, -0.25) is 9.59 Å². The summed E-state index contributed by atoms with van der Waals surface area (Å²) in [6.07, 6.45) is 6.57. The minimum absolute atomic E-state index is 0. The van der Waals surface area contributed by atoms with E-state index >= 15 is 0 Å². The summed E-state index contributed by atoms with van der Waals surface area (Å²) in [4.78, 5) is 37.8. The van der Waals surface area contributed by atoms with Crippen LogP contribution < -0.4 is 11.1 Å². The van der Waals surface area contributed by atoms with Gasteiger partial charge in [0.15, 0.2) is 0 Å². The third-order valence-electron chi connectivity index (χ3n) is 8.35. The number of carbonyl (C=O) groups is 3. The first-order valence-electron chi connectivity index (χ1n) is 15.3. The predicted octanol–water partition coefficient (Wildman–Crippen LogP) is 5.47.